The van der Waals surface area contributed by atoms with Crippen LogP contribution in [0.25, 0.3) is 0 Å². The smallest absolute Gasteiger partial charge is 0.104 e. The van der Waals surface area contributed by atoms with Gasteiger partial charge in [-0.15, -0.1) is 0 Å². The monoisotopic (exact) mass is 376 g/mol. The molecular formula is C24H28N2O2. The lowest BCUT2D eigenvalue weighted by atomic mass is 9.90. The molecule has 4 N–H and O–H groups in total. The molecule has 0 heterocycles. The van der Waals surface area contributed by atoms with Crippen LogP contribution in [0.1, 0.15) is 51.4 Å². The third-order valence-corrected chi connectivity index (χ3v) is 5.45. The van der Waals surface area contributed by atoms with Crippen LogP contribution in [-0.4, -0.2) is 0 Å². The fourth-order valence-electron chi connectivity index (χ4n) is 3.72. The Labute approximate surface area is 166 Å². The van der Waals surface area contributed by atoms with E-state index in [0.29, 0.717) is 0 Å². The molecule has 0 saturated heterocycles. The van der Waals surface area contributed by atoms with Gasteiger partial charge < -0.3 is 20.9 Å². The second-order valence-electron chi connectivity index (χ2n) is 7.60. The van der Waals surface area contributed by atoms with Gasteiger partial charge in [-0.25, -0.2) is 0 Å². The van der Waals surface area contributed by atoms with Gasteiger partial charge in [0.2, 0.25) is 0 Å². The van der Waals surface area contributed by atoms with E-state index in [0.717, 1.165) is 85.8 Å². The van der Waals surface area contributed by atoms with E-state index in [9.17, 15) is 0 Å². The molecule has 0 aromatic carbocycles. The van der Waals surface area contributed by atoms with Crippen molar-refractivity contribution < 1.29 is 9.47 Å². The average molecular weight is 377 g/mol. The summed E-state index contributed by atoms with van der Waals surface area (Å²) in [5, 5.41) is 0. The molecule has 0 saturated carbocycles. The molecular weight excluding hydrogens is 348 g/mol. The zero-order valence-electron chi connectivity index (χ0n) is 16.2. The Morgan fingerprint density at radius 1 is 0.429 bits per heavy atom. The van der Waals surface area contributed by atoms with Gasteiger partial charge in [0.25, 0.3) is 0 Å². The molecule has 146 valence electrons. The van der Waals surface area contributed by atoms with Crippen LogP contribution in [0.2, 0.25) is 0 Å². The number of nitrogens with two attached hydrogens (primary N) is 2. The van der Waals surface area contributed by atoms with Crippen molar-refractivity contribution in [2.75, 3.05) is 0 Å². The molecule has 0 unspecified atom stereocenters. The molecule has 4 aliphatic rings. The van der Waals surface area contributed by atoms with Crippen LogP contribution in [-0.2, 0) is 9.47 Å². The van der Waals surface area contributed by atoms with E-state index in [1.54, 1.807) is 0 Å². The normalized spacial score (nSPS) is 22.4. The van der Waals surface area contributed by atoms with E-state index in [4.69, 9.17) is 20.9 Å². The first-order valence-electron chi connectivity index (χ1n) is 10.1. The Kier molecular flexibility index (Phi) is 5.56. The first kappa shape index (κ1) is 18.5. The van der Waals surface area contributed by atoms with Crippen molar-refractivity contribution in [1.29, 1.82) is 0 Å². The summed E-state index contributed by atoms with van der Waals surface area (Å²) in [4.78, 5) is 0. The van der Waals surface area contributed by atoms with Crippen molar-refractivity contribution in [1.82, 2.24) is 0 Å². The SMILES string of the molecule is NC1=CC=C(OC2=CC=C(C3=CC=C(OC4=CC=C(N)CC4)CC3)CC2)CC1. The van der Waals surface area contributed by atoms with Crippen LogP contribution in [0.15, 0.2) is 94.2 Å². The zero-order valence-corrected chi connectivity index (χ0v) is 16.2. The lowest BCUT2D eigenvalue weighted by Crippen LogP contribution is -2.07. The van der Waals surface area contributed by atoms with E-state index in [2.05, 4.69) is 24.3 Å². The second-order valence-corrected chi connectivity index (χ2v) is 7.60. The summed E-state index contributed by atoms with van der Waals surface area (Å²) < 4.78 is 12.1. The van der Waals surface area contributed by atoms with Gasteiger partial charge >= 0.3 is 0 Å². The number of hydrogen-bond donors (Lipinski definition) is 2. The number of allylic oxidation sites excluding steroid dienone is 16. The van der Waals surface area contributed by atoms with E-state index in [1.165, 1.54) is 11.1 Å². The lowest BCUT2D eigenvalue weighted by molar-refractivity contribution is 0.272. The number of ether oxygens (including phenoxy) is 2. The first-order valence-corrected chi connectivity index (χ1v) is 10.1. The van der Waals surface area contributed by atoms with Crippen molar-refractivity contribution >= 4 is 0 Å². The van der Waals surface area contributed by atoms with Crippen molar-refractivity contribution in [3.05, 3.63) is 94.2 Å². The maximum absolute atomic E-state index is 6.03. The molecule has 0 radical (unpaired) electrons. The molecule has 0 aromatic rings. The third-order valence-electron chi connectivity index (χ3n) is 5.45. The second kappa shape index (κ2) is 8.42. The third kappa shape index (κ3) is 4.69. The van der Waals surface area contributed by atoms with Crippen LogP contribution >= 0.6 is 0 Å². The van der Waals surface area contributed by atoms with Crippen LogP contribution in [0.5, 0.6) is 0 Å². The molecule has 0 bridgehead atoms. The Morgan fingerprint density at radius 2 is 0.786 bits per heavy atom. The highest BCUT2D eigenvalue weighted by molar-refractivity contribution is 5.41. The largest absolute Gasteiger partial charge is 0.466 e. The molecule has 0 amide bonds. The first-order chi connectivity index (χ1) is 13.7. The Hall–Kier alpha value is -2.88. The van der Waals surface area contributed by atoms with Gasteiger partial charge in [-0.3, -0.25) is 0 Å². The van der Waals surface area contributed by atoms with Crippen LogP contribution in [0.4, 0.5) is 0 Å². The standard InChI is InChI=1S/C24H28N2O2/c25-19-5-13-23(14-6-19)27-21-9-1-17(2-10-21)18-3-11-22(12-4-18)28-24-15-7-20(26)8-16-24/h1,3,5,7,9,11,13,15H,2,4,6,8,10,12,14,16,25-26H2. The molecule has 0 aliphatic heterocycles. The van der Waals surface area contributed by atoms with Gasteiger partial charge in [0, 0.05) is 37.1 Å². The fourth-order valence-corrected chi connectivity index (χ4v) is 3.72. The van der Waals surface area contributed by atoms with Crippen molar-refractivity contribution in [2.24, 2.45) is 11.5 Å². The topological polar surface area (TPSA) is 70.5 Å². The molecule has 0 fully saturated rings. The molecule has 4 nitrogen and oxygen atoms in total. The minimum atomic E-state index is 0.879. The van der Waals surface area contributed by atoms with E-state index in [-0.39, 0.29) is 0 Å². The fraction of sp³-hybridized carbons (Fsp3) is 0.333. The van der Waals surface area contributed by atoms with Gasteiger partial charge in [-0.05, 0) is 73.3 Å². The molecule has 0 atom stereocenters. The molecule has 4 rings (SSSR count). The summed E-state index contributed by atoms with van der Waals surface area (Å²) in [7, 11) is 0. The van der Waals surface area contributed by atoms with Crippen LogP contribution in [0, 0.1) is 0 Å². The predicted molar refractivity (Wildman–Crippen MR) is 112 cm³/mol. The van der Waals surface area contributed by atoms with E-state index >= 15 is 0 Å². The Balaban J connectivity index is 1.36. The minimum Gasteiger partial charge on any atom is -0.466 e. The van der Waals surface area contributed by atoms with Gasteiger partial charge in [-0.1, -0.05) is 12.2 Å². The maximum atomic E-state index is 6.03. The Bertz CT molecular complexity index is 818. The average Bonchev–Trinajstić information content (AvgIpc) is 2.73. The van der Waals surface area contributed by atoms with Gasteiger partial charge in [0.1, 0.15) is 23.0 Å². The van der Waals surface area contributed by atoms with Crippen LogP contribution in [0.3, 0.4) is 0 Å². The molecule has 0 spiro atoms. The van der Waals surface area contributed by atoms with E-state index < -0.39 is 0 Å². The summed E-state index contributed by atoms with van der Waals surface area (Å²) in [5.41, 5.74) is 16.3. The quantitative estimate of drug-likeness (QED) is 0.686. The summed E-state index contributed by atoms with van der Waals surface area (Å²) in [6.45, 7) is 0. The summed E-state index contributed by atoms with van der Waals surface area (Å²) in [6.07, 6.45) is 23.9. The van der Waals surface area contributed by atoms with Crippen LogP contribution < -0.4 is 11.5 Å². The predicted octanol–water partition coefficient (Wildman–Crippen LogP) is 5.27. The van der Waals surface area contributed by atoms with Gasteiger partial charge in [-0.2, -0.15) is 0 Å². The highest BCUT2D eigenvalue weighted by Gasteiger charge is 2.17. The Morgan fingerprint density at radius 3 is 1.07 bits per heavy atom. The molecule has 4 heteroatoms. The molecule has 28 heavy (non-hydrogen) atoms. The van der Waals surface area contributed by atoms with E-state index in [1.807, 2.05) is 24.3 Å². The lowest BCUT2D eigenvalue weighted by Gasteiger charge is -2.22. The zero-order chi connectivity index (χ0) is 19.3. The number of rotatable bonds is 5. The summed E-state index contributed by atoms with van der Waals surface area (Å²) >= 11 is 0. The van der Waals surface area contributed by atoms with Crippen molar-refractivity contribution in [3.63, 3.8) is 0 Å². The highest BCUT2D eigenvalue weighted by atomic mass is 16.5. The summed E-state index contributed by atoms with van der Waals surface area (Å²) in [6, 6.07) is 0. The minimum absolute atomic E-state index is 0.879. The van der Waals surface area contributed by atoms with Gasteiger partial charge in [0.05, 0.1) is 0 Å². The highest BCUT2D eigenvalue weighted by Crippen LogP contribution is 2.33. The van der Waals surface area contributed by atoms with Gasteiger partial charge in [0.15, 0.2) is 0 Å². The van der Waals surface area contributed by atoms with Crippen molar-refractivity contribution in [2.45, 2.75) is 51.4 Å². The van der Waals surface area contributed by atoms with Crippen molar-refractivity contribution in [3.8, 4) is 0 Å². The maximum Gasteiger partial charge on any atom is 0.104 e. The summed E-state index contributed by atoms with van der Waals surface area (Å²) in [5.74, 6) is 4.09. The molecule has 4 aliphatic carbocycles. The molecule has 0 aromatic heterocycles. The number of hydrogen-bond acceptors (Lipinski definition) is 4.